The molecule has 0 aromatic heterocycles. The summed E-state index contributed by atoms with van der Waals surface area (Å²) in [6.07, 6.45) is 1.48. The Labute approximate surface area is 141 Å². The molecule has 0 bridgehead atoms. The zero-order valence-corrected chi connectivity index (χ0v) is 14.3. The van der Waals surface area contributed by atoms with E-state index in [0.717, 1.165) is 11.3 Å². The smallest absolute Gasteiger partial charge is 0.352 e. The second kappa shape index (κ2) is 7.74. The molecule has 0 spiro atoms. The molecule has 0 saturated carbocycles. The lowest BCUT2D eigenvalue weighted by Crippen LogP contribution is -2.67. The molecule has 0 amide bonds. The van der Waals surface area contributed by atoms with Crippen LogP contribution in [0.4, 0.5) is 0 Å². The summed E-state index contributed by atoms with van der Waals surface area (Å²) in [5.41, 5.74) is 8.24. The Bertz CT molecular complexity index is 581. The van der Waals surface area contributed by atoms with Gasteiger partial charge in [0.15, 0.2) is 0 Å². The molecule has 0 fully saturated rings. The summed E-state index contributed by atoms with van der Waals surface area (Å²) in [7, 11) is 1.59. The monoisotopic (exact) mass is 338 g/mol. The van der Waals surface area contributed by atoms with E-state index in [-0.39, 0.29) is 12.2 Å². The summed E-state index contributed by atoms with van der Waals surface area (Å²) in [5.74, 6) is -1.14. The number of ether oxygens (including phenoxy) is 1. The number of ketones is 1. The van der Waals surface area contributed by atoms with Gasteiger partial charge in [-0.1, -0.05) is 26.0 Å². The zero-order chi connectivity index (χ0) is 18.5. The SMILES string of the molecule is COc1ccc(CCCC(=O)C(C)(C)[C@@H](N)[C@](N)(O)C(=O)O)cc1. The maximum Gasteiger partial charge on any atom is 0.352 e. The summed E-state index contributed by atoms with van der Waals surface area (Å²) >= 11 is 0. The number of nitrogens with two attached hydrogens (primary N) is 2. The van der Waals surface area contributed by atoms with Crippen LogP contribution in [-0.2, 0) is 16.0 Å². The summed E-state index contributed by atoms with van der Waals surface area (Å²) in [6.45, 7) is 2.99. The van der Waals surface area contributed by atoms with Crippen LogP contribution in [0.2, 0.25) is 0 Å². The number of carbonyl (C=O) groups is 2. The number of hydrogen-bond acceptors (Lipinski definition) is 6. The molecule has 134 valence electrons. The molecule has 0 aliphatic heterocycles. The van der Waals surface area contributed by atoms with Gasteiger partial charge in [-0.15, -0.1) is 0 Å². The second-order valence-electron chi connectivity index (χ2n) is 6.45. The Morgan fingerprint density at radius 3 is 2.25 bits per heavy atom. The molecular formula is C17H26N2O5. The van der Waals surface area contributed by atoms with Gasteiger partial charge in [-0.2, -0.15) is 0 Å². The van der Waals surface area contributed by atoms with Crippen molar-refractivity contribution in [2.45, 2.75) is 44.9 Å². The van der Waals surface area contributed by atoms with Gasteiger partial charge in [-0.25, -0.2) is 4.79 Å². The van der Waals surface area contributed by atoms with E-state index < -0.39 is 23.2 Å². The van der Waals surface area contributed by atoms with Crippen molar-refractivity contribution in [2.75, 3.05) is 7.11 Å². The number of aliphatic hydroxyl groups is 1. The number of carboxylic acid groups (broad SMARTS) is 1. The highest BCUT2D eigenvalue weighted by Crippen LogP contribution is 2.28. The van der Waals surface area contributed by atoms with Gasteiger partial charge >= 0.3 is 5.97 Å². The third-order valence-corrected chi connectivity index (χ3v) is 4.34. The van der Waals surface area contributed by atoms with Crippen LogP contribution in [0.25, 0.3) is 0 Å². The molecule has 2 atom stereocenters. The lowest BCUT2D eigenvalue weighted by molar-refractivity contribution is -0.165. The predicted octanol–water partition coefficient (Wildman–Crippen LogP) is 0.672. The van der Waals surface area contributed by atoms with Crippen LogP contribution < -0.4 is 16.2 Å². The third kappa shape index (κ3) is 4.53. The number of benzene rings is 1. The van der Waals surface area contributed by atoms with Crippen molar-refractivity contribution in [2.24, 2.45) is 16.9 Å². The van der Waals surface area contributed by atoms with E-state index in [0.29, 0.717) is 12.8 Å². The van der Waals surface area contributed by atoms with Crippen molar-refractivity contribution in [1.82, 2.24) is 0 Å². The van der Waals surface area contributed by atoms with Crippen molar-refractivity contribution in [3.8, 4) is 5.75 Å². The molecule has 1 aromatic carbocycles. The summed E-state index contributed by atoms with van der Waals surface area (Å²) in [5, 5.41) is 18.7. The van der Waals surface area contributed by atoms with Crippen LogP contribution in [0.3, 0.4) is 0 Å². The second-order valence-corrected chi connectivity index (χ2v) is 6.45. The van der Waals surface area contributed by atoms with Crippen molar-refractivity contribution in [1.29, 1.82) is 0 Å². The number of carbonyl (C=O) groups excluding carboxylic acids is 1. The van der Waals surface area contributed by atoms with Crippen molar-refractivity contribution in [3.05, 3.63) is 29.8 Å². The normalized spacial score (nSPS) is 15.4. The van der Waals surface area contributed by atoms with E-state index in [1.54, 1.807) is 7.11 Å². The Morgan fingerprint density at radius 1 is 1.25 bits per heavy atom. The molecule has 1 rings (SSSR count). The van der Waals surface area contributed by atoms with Crippen molar-refractivity contribution in [3.63, 3.8) is 0 Å². The van der Waals surface area contributed by atoms with Gasteiger partial charge < -0.3 is 20.7 Å². The molecule has 7 nitrogen and oxygen atoms in total. The number of rotatable bonds is 9. The van der Waals surface area contributed by atoms with Crippen molar-refractivity contribution < 1.29 is 24.5 Å². The van der Waals surface area contributed by atoms with Gasteiger partial charge in [0, 0.05) is 11.8 Å². The summed E-state index contributed by atoms with van der Waals surface area (Å²) in [4.78, 5) is 23.4. The maximum absolute atomic E-state index is 12.4. The fourth-order valence-corrected chi connectivity index (χ4v) is 2.42. The van der Waals surface area contributed by atoms with Crippen LogP contribution >= 0.6 is 0 Å². The van der Waals surface area contributed by atoms with E-state index in [4.69, 9.17) is 21.3 Å². The fraction of sp³-hybridized carbons (Fsp3) is 0.529. The molecule has 1 aromatic rings. The minimum Gasteiger partial charge on any atom is -0.497 e. The topological polar surface area (TPSA) is 136 Å². The zero-order valence-electron chi connectivity index (χ0n) is 14.3. The van der Waals surface area contributed by atoms with Gasteiger partial charge in [0.25, 0.3) is 0 Å². The highest BCUT2D eigenvalue weighted by molar-refractivity contribution is 5.87. The molecule has 6 N–H and O–H groups in total. The first-order valence-electron chi connectivity index (χ1n) is 7.70. The standard InChI is InChI=1S/C17H26N2O5/c1-16(2,14(18)17(19,23)15(21)22)13(20)6-4-5-11-7-9-12(24-3)10-8-11/h7-10,14,23H,4-6,18-19H2,1-3H3,(H,21,22)/t14-,17+/m1/s1. The van der Waals surface area contributed by atoms with Crippen LogP contribution in [0.1, 0.15) is 32.3 Å². The quantitative estimate of drug-likeness (QED) is 0.486. The number of hydrogen-bond donors (Lipinski definition) is 4. The van der Waals surface area contributed by atoms with Gasteiger partial charge in [-0.3, -0.25) is 10.5 Å². The number of aliphatic carboxylic acids is 1. The molecule has 0 aliphatic rings. The minimum atomic E-state index is -2.66. The van der Waals surface area contributed by atoms with Crippen LogP contribution in [0.5, 0.6) is 5.75 Å². The highest BCUT2D eigenvalue weighted by atomic mass is 16.5. The minimum absolute atomic E-state index is 0.211. The Kier molecular flexibility index (Phi) is 6.48. The molecule has 7 heteroatoms. The van der Waals surface area contributed by atoms with Gasteiger partial charge in [-0.05, 0) is 30.5 Å². The highest BCUT2D eigenvalue weighted by Gasteiger charge is 2.49. The Balaban J connectivity index is 2.63. The van der Waals surface area contributed by atoms with E-state index >= 15 is 0 Å². The average molecular weight is 338 g/mol. The number of methoxy groups -OCH3 is 1. The first-order valence-corrected chi connectivity index (χ1v) is 7.70. The van der Waals surface area contributed by atoms with Crippen molar-refractivity contribution >= 4 is 11.8 Å². The fourth-order valence-electron chi connectivity index (χ4n) is 2.42. The van der Waals surface area contributed by atoms with E-state index in [1.807, 2.05) is 24.3 Å². The van der Waals surface area contributed by atoms with E-state index in [9.17, 15) is 14.7 Å². The van der Waals surface area contributed by atoms with Gasteiger partial charge in [0.1, 0.15) is 11.5 Å². The third-order valence-electron chi connectivity index (χ3n) is 4.34. The van der Waals surface area contributed by atoms with Crippen LogP contribution in [0.15, 0.2) is 24.3 Å². The number of aryl methyl sites for hydroxylation is 1. The predicted molar refractivity (Wildman–Crippen MR) is 89.5 cm³/mol. The van der Waals surface area contributed by atoms with E-state index in [2.05, 4.69) is 0 Å². The summed E-state index contributed by atoms with van der Waals surface area (Å²) in [6, 6.07) is 6.11. The van der Waals surface area contributed by atoms with E-state index in [1.165, 1.54) is 13.8 Å². The Hall–Kier alpha value is -1.96. The average Bonchev–Trinajstić information content (AvgIpc) is 2.54. The molecule has 0 aliphatic carbocycles. The molecule has 0 unspecified atom stereocenters. The molecule has 0 radical (unpaired) electrons. The molecular weight excluding hydrogens is 312 g/mol. The van der Waals surface area contributed by atoms with Crippen LogP contribution in [0, 0.1) is 5.41 Å². The molecule has 0 heterocycles. The van der Waals surface area contributed by atoms with Gasteiger partial charge in [0.05, 0.1) is 13.2 Å². The van der Waals surface area contributed by atoms with Gasteiger partial charge in [0.2, 0.25) is 5.72 Å². The first kappa shape index (κ1) is 20.1. The first-order chi connectivity index (χ1) is 11.0. The molecule has 0 saturated heterocycles. The number of Topliss-reactive ketones (excluding diaryl/α,β-unsaturated/α-hetero) is 1. The molecule has 24 heavy (non-hydrogen) atoms. The Morgan fingerprint density at radius 2 is 1.79 bits per heavy atom. The lowest BCUT2D eigenvalue weighted by atomic mass is 9.74. The maximum atomic E-state index is 12.4. The summed E-state index contributed by atoms with van der Waals surface area (Å²) < 4.78 is 5.08. The van der Waals surface area contributed by atoms with Crippen LogP contribution in [-0.4, -0.2) is 40.8 Å². The lowest BCUT2D eigenvalue weighted by Gasteiger charge is -2.37. The number of carboxylic acids is 1. The largest absolute Gasteiger partial charge is 0.497 e.